The Morgan fingerprint density at radius 2 is 2.00 bits per heavy atom. The van der Waals surface area contributed by atoms with Gasteiger partial charge >= 0.3 is 0 Å². The van der Waals surface area contributed by atoms with Gasteiger partial charge in [-0.2, -0.15) is 0 Å². The van der Waals surface area contributed by atoms with Crippen molar-refractivity contribution in [1.82, 2.24) is 19.6 Å². The van der Waals surface area contributed by atoms with Crippen LogP contribution < -0.4 is 15.8 Å². The minimum absolute atomic E-state index is 0.00353. The topological polar surface area (TPSA) is 96.2 Å². The van der Waals surface area contributed by atoms with Crippen LogP contribution in [0.3, 0.4) is 0 Å². The summed E-state index contributed by atoms with van der Waals surface area (Å²) in [6, 6.07) is 5.23. The number of hydrogen-bond acceptors (Lipinski definition) is 7. The first-order chi connectivity index (χ1) is 14.5. The van der Waals surface area contributed by atoms with E-state index >= 15 is 0 Å². The predicted octanol–water partition coefficient (Wildman–Crippen LogP) is 0.344. The third-order valence-electron chi connectivity index (χ3n) is 4.85. The van der Waals surface area contributed by atoms with Crippen LogP contribution >= 0.6 is 12.2 Å². The number of rotatable bonds is 4. The third-order valence-corrected chi connectivity index (χ3v) is 5.17. The highest BCUT2D eigenvalue weighted by molar-refractivity contribution is 7.80. The van der Waals surface area contributed by atoms with Gasteiger partial charge in [-0.15, -0.1) is 6.58 Å². The molecule has 0 spiro atoms. The summed E-state index contributed by atoms with van der Waals surface area (Å²) in [7, 11) is 0. The first-order valence-corrected chi connectivity index (χ1v) is 9.76. The van der Waals surface area contributed by atoms with Crippen LogP contribution in [-0.4, -0.2) is 64.1 Å². The molecule has 1 N–H and O–H groups in total. The highest BCUT2D eigenvalue weighted by atomic mass is 32.1. The number of nitrogens with zero attached hydrogens (tertiary/aromatic N) is 4. The summed E-state index contributed by atoms with van der Waals surface area (Å²) < 4.78 is 6.78. The number of pyridine rings is 1. The number of thiocarbonyl (C=S) groups is 1. The predicted molar refractivity (Wildman–Crippen MR) is 115 cm³/mol. The molecule has 0 saturated carbocycles. The average molecular weight is 425 g/mol. The maximum Gasteiger partial charge on any atom is 0.267 e. The van der Waals surface area contributed by atoms with Gasteiger partial charge in [-0.05, 0) is 30.4 Å². The fourth-order valence-electron chi connectivity index (χ4n) is 3.37. The number of aromatic nitrogens is 2. The van der Waals surface area contributed by atoms with E-state index in [1.54, 1.807) is 24.4 Å². The molecule has 9 nitrogen and oxygen atoms in total. The molecular weight excluding hydrogens is 406 g/mol. The van der Waals surface area contributed by atoms with E-state index in [4.69, 9.17) is 17.0 Å². The number of nitrogens with one attached hydrogen (secondary N) is 1. The molecule has 2 fully saturated rings. The summed E-state index contributed by atoms with van der Waals surface area (Å²) >= 11 is 5.08. The van der Waals surface area contributed by atoms with Gasteiger partial charge in [0.15, 0.2) is 5.11 Å². The van der Waals surface area contributed by atoms with Gasteiger partial charge in [0.05, 0.1) is 18.8 Å². The summed E-state index contributed by atoms with van der Waals surface area (Å²) in [5.74, 6) is -0.837. The van der Waals surface area contributed by atoms with Gasteiger partial charge in [0, 0.05) is 25.8 Å². The molecule has 2 saturated heterocycles. The lowest BCUT2D eigenvalue weighted by Gasteiger charge is -2.30. The molecule has 2 amide bonds. The van der Waals surface area contributed by atoms with Crippen molar-refractivity contribution in [1.29, 1.82) is 0 Å². The summed E-state index contributed by atoms with van der Waals surface area (Å²) in [5, 5.41) is 2.49. The molecule has 2 aromatic rings. The van der Waals surface area contributed by atoms with Gasteiger partial charge in [-0.1, -0.05) is 12.1 Å². The molecule has 2 aliphatic heterocycles. The first-order valence-electron chi connectivity index (χ1n) is 9.35. The summed E-state index contributed by atoms with van der Waals surface area (Å²) in [4.78, 5) is 46.5. The van der Waals surface area contributed by atoms with Crippen LogP contribution in [0.15, 0.2) is 47.4 Å². The van der Waals surface area contributed by atoms with Crippen molar-refractivity contribution in [2.45, 2.75) is 0 Å². The molecule has 0 bridgehead atoms. The van der Waals surface area contributed by atoms with E-state index in [-0.39, 0.29) is 28.4 Å². The average Bonchev–Trinajstić information content (AvgIpc) is 2.76. The molecule has 30 heavy (non-hydrogen) atoms. The Kier molecular flexibility index (Phi) is 5.42. The van der Waals surface area contributed by atoms with Crippen molar-refractivity contribution < 1.29 is 14.3 Å². The van der Waals surface area contributed by atoms with E-state index in [9.17, 15) is 14.4 Å². The minimum atomic E-state index is -0.657. The molecule has 2 aliphatic rings. The molecule has 154 valence electrons. The zero-order valence-corrected chi connectivity index (χ0v) is 16.9. The lowest BCUT2D eigenvalue weighted by molar-refractivity contribution is -0.128. The number of morpholine rings is 1. The van der Waals surface area contributed by atoms with E-state index in [0.717, 1.165) is 0 Å². The van der Waals surface area contributed by atoms with Crippen LogP contribution in [0.1, 0.15) is 5.56 Å². The standard InChI is InChI=1S/C20H19N5O4S/c1-2-6-25-19(28)14(17(26)22-20(25)30)12-13-16(23-8-10-29-11-9-23)21-15-5-3-4-7-24(15)18(13)27/h2-5,7,12H,1,6,8-11H2,(H,22,26,30). The van der Waals surface area contributed by atoms with Crippen LogP contribution in [0, 0.1) is 0 Å². The SMILES string of the molecule is C=CCN1C(=O)C(=Cc2c(N3CCOCC3)nc3ccccn3c2=O)C(=O)NC1=S. The van der Waals surface area contributed by atoms with Crippen molar-refractivity contribution in [3.63, 3.8) is 0 Å². The van der Waals surface area contributed by atoms with Crippen LogP contribution in [0.2, 0.25) is 0 Å². The second-order valence-corrected chi connectivity index (χ2v) is 7.09. The monoisotopic (exact) mass is 425 g/mol. The van der Waals surface area contributed by atoms with Crippen molar-refractivity contribution in [2.75, 3.05) is 37.7 Å². The van der Waals surface area contributed by atoms with Crippen LogP contribution in [0.4, 0.5) is 5.82 Å². The first kappa shape index (κ1) is 19.9. The van der Waals surface area contributed by atoms with Crippen LogP contribution in [0.25, 0.3) is 11.7 Å². The van der Waals surface area contributed by atoms with Crippen molar-refractivity contribution in [3.05, 3.63) is 58.5 Å². The highest BCUT2D eigenvalue weighted by Gasteiger charge is 2.33. The number of anilines is 1. The molecule has 0 unspecified atom stereocenters. The Labute approximate surface area is 177 Å². The van der Waals surface area contributed by atoms with E-state index in [1.807, 2.05) is 4.90 Å². The normalized spacial score (nSPS) is 18.8. The Morgan fingerprint density at radius 1 is 1.23 bits per heavy atom. The van der Waals surface area contributed by atoms with E-state index in [0.29, 0.717) is 37.8 Å². The molecule has 4 rings (SSSR count). The van der Waals surface area contributed by atoms with Crippen LogP contribution in [-0.2, 0) is 14.3 Å². The zero-order chi connectivity index (χ0) is 21.3. The Hall–Kier alpha value is -3.37. The second-order valence-electron chi connectivity index (χ2n) is 6.70. The van der Waals surface area contributed by atoms with Gasteiger partial charge in [0.1, 0.15) is 17.0 Å². The zero-order valence-electron chi connectivity index (χ0n) is 16.0. The Balaban J connectivity index is 1.90. The molecule has 0 aromatic carbocycles. The van der Waals surface area contributed by atoms with Gasteiger partial charge < -0.3 is 9.64 Å². The smallest absolute Gasteiger partial charge is 0.267 e. The molecule has 0 aliphatic carbocycles. The van der Waals surface area contributed by atoms with Gasteiger partial charge in [0.2, 0.25) is 0 Å². The lowest BCUT2D eigenvalue weighted by atomic mass is 10.1. The number of ether oxygens (including phenoxy) is 1. The number of carbonyl (C=O) groups is 2. The van der Waals surface area contributed by atoms with Gasteiger partial charge in [-0.25, -0.2) is 4.98 Å². The molecule has 0 radical (unpaired) electrons. The Morgan fingerprint density at radius 3 is 2.73 bits per heavy atom. The molecule has 0 atom stereocenters. The van der Waals surface area contributed by atoms with Gasteiger partial charge in [-0.3, -0.25) is 29.0 Å². The van der Waals surface area contributed by atoms with E-state index in [1.165, 1.54) is 21.5 Å². The van der Waals surface area contributed by atoms with Crippen LogP contribution in [0.5, 0.6) is 0 Å². The Bertz CT molecular complexity index is 1150. The van der Waals surface area contributed by atoms with E-state index in [2.05, 4.69) is 16.9 Å². The van der Waals surface area contributed by atoms with Crippen molar-refractivity contribution in [2.24, 2.45) is 0 Å². The van der Waals surface area contributed by atoms with Crippen molar-refractivity contribution in [3.8, 4) is 0 Å². The molecular formula is C20H19N5O4S. The van der Waals surface area contributed by atoms with E-state index < -0.39 is 11.8 Å². The summed E-state index contributed by atoms with van der Waals surface area (Å²) in [6.45, 7) is 5.81. The highest BCUT2D eigenvalue weighted by Crippen LogP contribution is 2.22. The fraction of sp³-hybridized carbons (Fsp3) is 0.250. The third kappa shape index (κ3) is 3.51. The summed E-state index contributed by atoms with van der Waals surface area (Å²) in [6.07, 6.45) is 4.40. The molecule has 2 aromatic heterocycles. The van der Waals surface area contributed by atoms with Crippen molar-refractivity contribution >= 4 is 46.7 Å². The largest absolute Gasteiger partial charge is 0.378 e. The lowest BCUT2D eigenvalue weighted by Crippen LogP contribution is -2.54. The minimum Gasteiger partial charge on any atom is -0.378 e. The number of carbonyl (C=O) groups excluding carboxylic acids is 2. The molecule has 10 heteroatoms. The second kappa shape index (κ2) is 8.17. The fourth-order valence-corrected chi connectivity index (χ4v) is 3.62. The maximum absolute atomic E-state index is 13.3. The van der Waals surface area contributed by atoms with Gasteiger partial charge in [0.25, 0.3) is 17.4 Å². The number of hydrogen-bond donors (Lipinski definition) is 1. The number of fused-ring (bicyclic) bond motifs is 1. The number of amides is 2. The summed E-state index contributed by atoms with van der Waals surface area (Å²) in [5.41, 5.74) is 0.0684. The molecule has 4 heterocycles. The maximum atomic E-state index is 13.3. The quantitative estimate of drug-likeness (QED) is 0.327.